The molecule has 0 radical (unpaired) electrons. The Morgan fingerprint density at radius 1 is 1.22 bits per heavy atom. The van der Waals surface area contributed by atoms with Crippen LogP contribution in [0.25, 0.3) is 0 Å². The van der Waals surface area contributed by atoms with Crippen LogP contribution in [0.1, 0.15) is 9.75 Å². The minimum Gasteiger partial charge on any atom is -0.505 e. The van der Waals surface area contributed by atoms with Crippen molar-refractivity contribution in [3.05, 3.63) is 44.1 Å². The molecule has 0 aliphatic heterocycles. The number of nitrogens with one attached hydrogen (secondary N) is 1. The molecule has 2 N–H and O–H groups in total. The van der Waals surface area contributed by atoms with E-state index in [-0.39, 0.29) is 21.5 Å². The van der Waals surface area contributed by atoms with Crippen molar-refractivity contribution in [1.29, 1.82) is 0 Å². The summed E-state index contributed by atoms with van der Waals surface area (Å²) in [6, 6.07) is 4.18. The molecule has 0 fully saturated rings. The van der Waals surface area contributed by atoms with Gasteiger partial charge in [0.05, 0.1) is 5.02 Å². The number of rotatable bonds is 4. The number of benzene rings is 1. The Morgan fingerprint density at radius 2 is 1.87 bits per heavy atom. The number of sulfonamides is 1. The summed E-state index contributed by atoms with van der Waals surface area (Å²) in [4.78, 5) is -1.23. The fourth-order valence-electron chi connectivity index (χ4n) is 1.62. The maximum Gasteiger partial charge on any atom is 0.425 e. The highest BCUT2D eigenvalue weighted by Gasteiger charge is 2.32. The molecule has 126 valence electrons. The highest BCUT2D eigenvalue weighted by Crippen LogP contribution is 2.36. The normalized spacial score (nSPS) is 12.6. The molecule has 0 spiro atoms. The molecule has 1 aromatic heterocycles. The Bertz CT molecular complexity index is 835. The smallest absolute Gasteiger partial charge is 0.425 e. The fraction of sp³-hybridized carbons (Fsp3) is 0.167. The quantitative estimate of drug-likeness (QED) is 0.798. The van der Waals surface area contributed by atoms with Crippen LogP contribution in [0.5, 0.6) is 5.75 Å². The third kappa shape index (κ3) is 4.30. The zero-order chi connectivity index (χ0) is 17.4. The summed E-state index contributed by atoms with van der Waals surface area (Å²) in [5.41, 5.74) is 0. The molecule has 0 unspecified atom stereocenters. The van der Waals surface area contributed by atoms with E-state index in [9.17, 15) is 26.7 Å². The molecule has 0 amide bonds. The highest BCUT2D eigenvalue weighted by molar-refractivity contribution is 7.89. The minimum absolute atomic E-state index is 0.0105. The van der Waals surface area contributed by atoms with Crippen molar-refractivity contribution in [3.8, 4) is 5.75 Å². The molecule has 0 aliphatic rings. The van der Waals surface area contributed by atoms with E-state index in [0.29, 0.717) is 11.3 Å². The summed E-state index contributed by atoms with van der Waals surface area (Å²) in [5.74, 6) is -0.689. The van der Waals surface area contributed by atoms with E-state index in [0.717, 1.165) is 18.2 Å². The van der Waals surface area contributed by atoms with Crippen molar-refractivity contribution in [3.63, 3.8) is 0 Å². The van der Waals surface area contributed by atoms with Crippen molar-refractivity contribution in [2.24, 2.45) is 0 Å². The first-order valence-corrected chi connectivity index (χ1v) is 8.90. The van der Waals surface area contributed by atoms with E-state index in [4.69, 9.17) is 23.2 Å². The Kier molecular flexibility index (Phi) is 5.17. The first-order chi connectivity index (χ1) is 10.5. The minimum atomic E-state index is -4.49. The lowest BCUT2D eigenvalue weighted by Gasteiger charge is -2.09. The SMILES string of the molecule is O=S(=O)(NCc1ccc(C(F)(F)F)s1)c1cc(Cl)cc(Cl)c1O. The molecular weight excluding hydrogens is 398 g/mol. The molecule has 23 heavy (non-hydrogen) atoms. The molecule has 2 rings (SSSR count). The molecule has 0 saturated carbocycles. The number of alkyl halides is 3. The van der Waals surface area contributed by atoms with Gasteiger partial charge in [0.2, 0.25) is 10.0 Å². The van der Waals surface area contributed by atoms with Gasteiger partial charge in [-0.05, 0) is 24.3 Å². The summed E-state index contributed by atoms with van der Waals surface area (Å²) in [6.07, 6.45) is -4.49. The van der Waals surface area contributed by atoms with Gasteiger partial charge in [0.25, 0.3) is 0 Å². The van der Waals surface area contributed by atoms with Gasteiger partial charge in [0, 0.05) is 16.4 Å². The maximum atomic E-state index is 12.5. The predicted octanol–water partition coefficient (Wildman–Crippen LogP) is 4.26. The molecular formula is C12H8Cl2F3NO3S2. The molecule has 0 aliphatic carbocycles. The highest BCUT2D eigenvalue weighted by atomic mass is 35.5. The Labute approximate surface area is 143 Å². The molecule has 1 aromatic carbocycles. The fourth-order valence-corrected chi connectivity index (χ4v) is 4.28. The number of hydrogen-bond acceptors (Lipinski definition) is 4. The number of halogens is 5. The van der Waals surface area contributed by atoms with Crippen molar-refractivity contribution in [2.45, 2.75) is 17.6 Å². The average Bonchev–Trinajstić information content (AvgIpc) is 2.89. The molecule has 11 heteroatoms. The maximum absolute atomic E-state index is 12.5. The summed E-state index contributed by atoms with van der Waals surface area (Å²) >= 11 is 11.8. The predicted molar refractivity (Wildman–Crippen MR) is 81.5 cm³/mol. The van der Waals surface area contributed by atoms with Crippen LogP contribution in [0.2, 0.25) is 10.0 Å². The molecule has 4 nitrogen and oxygen atoms in total. The zero-order valence-electron chi connectivity index (χ0n) is 11.0. The van der Waals surface area contributed by atoms with Gasteiger partial charge in [0.15, 0.2) is 5.75 Å². The summed E-state index contributed by atoms with van der Waals surface area (Å²) in [7, 11) is -4.20. The van der Waals surface area contributed by atoms with Crippen LogP contribution in [-0.4, -0.2) is 13.5 Å². The monoisotopic (exact) mass is 405 g/mol. The van der Waals surface area contributed by atoms with Gasteiger partial charge in [-0.3, -0.25) is 0 Å². The number of aromatic hydroxyl groups is 1. The molecule has 0 saturated heterocycles. The largest absolute Gasteiger partial charge is 0.505 e. The lowest BCUT2D eigenvalue weighted by atomic mass is 10.3. The zero-order valence-corrected chi connectivity index (χ0v) is 14.1. The van der Waals surface area contributed by atoms with Gasteiger partial charge in [-0.25, -0.2) is 13.1 Å². The third-order valence-electron chi connectivity index (χ3n) is 2.66. The topological polar surface area (TPSA) is 66.4 Å². The van der Waals surface area contributed by atoms with Gasteiger partial charge >= 0.3 is 6.18 Å². The molecule has 0 bridgehead atoms. The van der Waals surface area contributed by atoms with E-state index in [1.54, 1.807) is 0 Å². The van der Waals surface area contributed by atoms with Gasteiger partial charge in [-0.2, -0.15) is 13.2 Å². The second-order valence-electron chi connectivity index (χ2n) is 4.32. The van der Waals surface area contributed by atoms with Crippen LogP contribution in [-0.2, 0) is 22.7 Å². The molecule has 2 aromatic rings. The summed E-state index contributed by atoms with van der Waals surface area (Å²) in [5, 5.41) is 9.44. The first kappa shape index (κ1) is 18.3. The standard InChI is InChI=1S/C12H8Cl2F3NO3S2/c13-6-3-8(14)11(19)9(4-6)23(20,21)18-5-7-1-2-10(22-7)12(15,16)17/h1-4,18-19H,5H2. The van der Waals surface area contributed by atoms with E-state index in [2.05, 4.69) is 4.72 Å². The lowest BCUT2D eigenvalue weighted by molar-refractivity contribution is -0.134. The van der Waals surface area contributed by atoms with Crippen LogP contribution < -0.4 is 4.72 Å². The number of phenols is 1. The van der Waals surface area contributed by atoms with E-state index in [1.165, 1.54) is 6.07 Å². The van der Waals surface area contributed by atoms with E-state index >= 15 is 0 Å². The van der Waals surface area contributed by atoms with Crippen LogP contribution in [0, 0.1) is 0 Å². The van der Waals surface area contributed by atoms with E-state index in [1.807, 2.05) is 0 Å². The number of hydrogen-bond donors (Lipinski definition) is 2. The molecule has 0 atom stereocenters. The molecule has 1 heterocycles. The van der Waals surface area contributed by atoms with Gasteiger partial charge in [-0.15, -0.1) is 11.3 Å². The van der Waals surface area contributed by atoms with Crippen molar-refractivity contribution in [2.75, 3.05) is 0 Å². The van der Waals surface area contributed by atoms with Gasteiger partial charge in [0.1, 0.15) is 9.77 Å². The van der Waals surface area contributed by atoms with Crippen molar-refractivity contribution < 1.29 is 26.7 Å². The number of thiophene rings is 1. The number of phenolic OH excluding ortho intramolecular Hbond substituents is 1. The Morgan fingerprint density at radius 3 is 2.43 bits per heavy atom. The second-order valence-corrected chi connectivity index (χ2v) is 8.07. The summed E-state index contributed by atoms with van der Waals surface area (Å²) in [6.45, 7) is -0.368. The van der Waals surface area contributed by atoms with E-state index < -0.39 is 31.7 Å². The van der Waals surface area contributed by atoms with Crippen LogP contribution in [0.15, 0.2) is 29.2 Å². The lowest BCUT2D eigenvalue weighted by Crippen LogP contribution is -2.23. The van der Waals surface area contributed by atoms with Crippen LogP contribution >= 0.6 is 34.5 Å². The van der Waals surface area contributed by atoms with Crippen LogP contribution in [0.3, 0.4) is 0 Å². The Balaban J connectivity index is 2.21. The Hall–Kier alpha value is -1.00. The van der Waals surface area contributed by atoms with Crippen molar-refractivity contribution in [1.82, 2.24) is 4.72 Å². The van der Waals surface area contributed by atoms with Gasteiger partial charge < -0.3 is 5.11 Å². The van der Waals surface area contributed by atoms with Gasteiger partial charge in [-0.1, -0.05) is 23.2 Å². The first-order valence-electron chi connectivity index (χ1n) is 5.84. The second kappa shape index (κ2) is 6.48. The third-order valence-corrected chi connectivity index (χ3v) is 5.71. The van der Waals surface area contributed by atoms with Crippen molar-refractivity contribution >= 4 is 44.6 Å². The average molecular weight is 406 g/mol. The summed E-state index contributed by atoms with van der Waals surface area (Å²) < 4.78 is 63.8. The van der Waals surface area contributed by atoms with Crippen LogP contribution in [0.4, 0.5) is 13.2 Å².